The van der Waals surface area contributed by atoms with Crippen LogP contribution in [0.15, 0.2) is 30.6 Å². The van der Waals surface area contributed by atoms with E-state index >= 15 is 0 Å². The molecule has 0 atom stereocenters. The first-order valence-electron chi connectivity index (χ1n) is 6.17. The number of aliphatic carboxylic acids is 1. The highest BCUT2D eigenvalue weighted by Gasteiger charge is 2.42. The molecule has 1 aliphatic carbocycles. The van der Waals surface area contributed by atoms with Gasteiger partial charge in [-0.1, -0.05) is 25.0 Å². The van der Waals surface area contributed by atoms with E-state index in [0.717, 1.165) is 42.0 Å². The fraction of sp³-hybridized carbons (Fsp3) is 0.357. The maximum absolute atomic E-state index is 11.6. The number of benzene rings is 1. The van der Waals surface area contributed by atoms with E-state index in [1.165, 1.54) is 0 Å². The molecule has 1 N–H and O–H groups in total. The SMILES string of the molecule is O=C(O)C1(c2ccc3cnncc3c2)CCCC1. The number of hydrogen-bond acceptors (Lipinski definition) is 3. The molecular formula is C14H14N2O2. The predicted octanol–water partition coefficient (Wildman–Crippen LogP) is 2.53. The Bertz CT molecular complexity index is 604. The average Bonchev–Trinajstić information content (AvgIpc) is 2.89. The van der Waals surface area contributed by atoms with E-state index < -0.39 is 11.4 Å². The zero-order chi connectivity index (χ0) is 12.6. The Morgan fingerprint density at radius 3 is 2.44 bits per heavy atom. The van der Waals surface area contributed by atoms with Gasteiger partial charge in [-0.2, -0.15) is 10.2 Å². The third kappa shape index (κ3) is 1.56. The van der Waals surface area contributed by atoms with Crippen LogP contribution < -0.4 is 0 Å². The molecule has 1 saturated carbocycles. The van der Waals surface area contributed by atoms with Gasteiger partial charge in [-0.3, -0.25) is 4.79 Å². The Labute approximate surface area is 105 Å². The van der Waals surface area contributed by atoms with Crippen LogP contribution in [0, 0.1) is 0 Å². The summed E-state index contributed by atoms with van der Waals surface area (Å²) in [4.78, 5) is 11.6. The van der Waals surface area contributed by atoms with Crippen LogP contribution in [0.2, 0.25) is 0 Å². The Hall–Kier alpha value is -1.97. The molecule has 0 unspecified atom stereocenters. The second-order valence-electron chi connectivity index (χ2n) is 4.93. The number of fused-ring (bicyclic) bond motifs is 1. The highest BCUT2D eigenvalue weighted by molar-refractivity contribution is 5.86. The van der Waals surface area contributed by atoms with Crippen molar-refractivity contribution in [3.63, 3.8) is 0 Å². The first-order chi connectivity index (χ1) is 8.72. The molecule has 0 saturated heterocycles. The van der Waals surface area contributed by atoms with E-state index in [4.69, 9.17) is 0 Å². The smallest absolute Gasteiger partial charge is 0.314 e. The highest BCUT2D eigenvalue weighted by atomic mass is 16.4. The summed E-state index contributed by atoms with van der Waals surface area (Å²) in [6, 6.07) is 5.80. The van der Waals surface area contributed by atoms with Gasteiger partial charge in [0.1, 0.15) is 0 Å². The van der Waals surface area contributed by atoms with Gasteiger partial charge in [0, 0.05) is 10.8 Å². The average molecular weight is 242 g/mol. The quantitative estimate of drug-likeness (QED) is 0.878. The zero-order valence-electron chi connectivity index (χ0n) is 9.97. The van der Waals surface area contributed by atoms with Crippen LogP contribution in [0.3, 0.4) is 0 Å². The van der Waals surface area contributed by atoms with E-state index in [1.807, 2.05) is 18.2 Å². The first-order valence-corrected chi connectivity index (χ1v) is 6.17. The van der Waals surface area contributed by atoms with Crippen molar-refractivity contribution in [3.8, 4) is 0 Å². The second-order valence-corrected chi connectivity index (χ2v) is 4.93. The summed E-state index contributed by atoms with van der Waals surface area (Å²) in [5.41, 5.74) is 0.199. The summed E-state index contributed by atoms with van der Waals surface area (Å²) >= 11 is 0. The maximum atomic E-state index is 11.6. The fourth-order valence-corrected chi connectivity index (χ4v) is 2.90. The van der Waals surface area contributed by atoms with Crippen LogP contribution in [0.25, 0.3) is 10.8 Å². The molecule has 0 spiro atoms. The van der Waals surface area contributed by atoms with E-state index in [2.05, 4.69) is 10.2 Å². The fourth-order valence-electron chi connectivity index (χ4n) is 2.90. The first kappa shape index (κ1) is 11.1. The maximum Gasteiger partial charge on any atom is 0.314 e. The largest absolute Gasteiger partial charge is 0.481 e. The lowest BCUT2D eigenvalue weighted by Crippen LogP contribution is -2.32. The molecule has 4 heteroatoms. The number of aromatic nitrogens is 2. The number of carbonyl (C=O) groups is 1. The Morgan fingerprint density at radius 1 is 1.11 bits per heavy atom. The van der Waals surface area contributed by atoms with Crippen molar-refractivity contribution in [3.05, 3.63) is 36.2 Å². The molecule has 0 amide bonds. The summed E-state index contributed by atoms with van der Waals surface area (Å²) in [6.45, 7) is 0. The topological polar surface area (TPSA) is 63.1 Å². The van der Waals surface area contributed by atoms with Crippen molar-refractivity contribution in [2.75, 3.05) is 0 Å². The van der Waals surface area contributed by atoms with Crippen LogP contribution in [0.5, 0.6) is 0 Å². The summed E-state index contributed by atoms with van der Waals surface area (Å²) in [5.74, 6) is -0.707. The van der Waals surface area contributed by atoms with Crippen LogP contribution in [0.1, 0.15) is 31.2 Å². The summed E-state index contributed by atoms with van der Waals surface area (Å²) < 4.78 is 0. The summed E-state index contributed by atoms with van der Waals surface area (Å²) in [6.07, 6.45) is 6.81. The third-order valence-electron chi connectivity index (χ3n) is 3.97. The molecular weight excluding hydrogens is 228 g/mol. The number of carboxylic acid groups (broad SMARTS) is 1. The Balaban J connectivity index is 2.15. The lowest BCUT2D eigenvalue weighted by atomic mass is 9.78. The summed E-state index contributed by atoms with van der Waals surface area (Å²) in [5, 5.41) is 19.2. The molecule has 92 valence electrons. The van der Waals surface area contributed by atoms with Gasteiger partial charge in [0.05, 0.1) is 17.8 Å². The van der Waals surface area contributed by atoms with Crippen LogP contribution >= 0.6 is 0 Å². The van der Waals surface area contributed by atoms with E-state index in [9.17, 15) is 9.90 Å². The van der Waals surface area contributed by atoms with Gasteiger partial charge in [-0.05, 0) is 24.5 Å². The van der Waals surface area contributed by atoms with Gasteiger partial charge in [-0.25, -0.2) is 0 Å². The third-order valence-corrected chi connectivity index (χ3v) is 3.97. The summed E-state index contributed by atoms with van der Waals surface area (Å²) in [7, 11) is 0. The Morgan fingerprint density at radius 2 is 1.78 bits per heavy atom. The molecule has 0 radical (unpaired) electrons. The van der Waals surface area contributed by atoms with Gasteiger partial charge in [0.2, 0.25) is 0 Å². The zero-order valence-corrected chi connectivity index (χ0v) is 9.97. The van der Waals surface area contributed by atoms with Crippen molar-refractivity contribution >= 4 is 16.7 Å². The minimum Gasteiger partial charge on any atom is -0.481 e. The molecule has 1 heterocycles. The van der Waals surface area contributed by atoms with Crippen LogP contribution in [0.4, 0.5) is 0 Å². The molecule has 1 aromatic carbocycles. The molecule has 1 fully saturated rings. The molecule has 2 aromatic rings. The van der Waals surface area contributed by atoms with E-state index in [-0.39, 0.29) is 0 Å². The van der Waals surface area contributed by atoms with Crippen LogP contribution in [-0.2, 0) is 10.2 Å². The molecule has 0 bridgehead atoms. The number of hydrogen-bond donors (Lipinski definition) is 1. The van der Waals surface area contributed by atoms with Crippen molar-refractivity contribution in [2.24, 2.45) is 0 Å². The lowest BCUT2D eigenvalue weighted by Gasteiger charge is -2.24. The normalized spacial score (nSPS) is 18.0. The van der Waals surface area contributed by atoms with Gasteiger partial charge in [0.25, 0.3) is 0 Å². The molecule has 3 rings (SSSR count). The van der Waals surface area contributed by atoms with Crippen molar-refractivity contribution in [1.29, 1.82) is 0 Å². The monoisotopic (exact) mass is 242 g/mol. The van der Waals surface area contributed by atoms with Crippen LogP contribution in [-0.4, -0.2) is 21.3 Å². The van der Waals surface area contributed by atoms with Gasteiger partial charge >= 0.3 is 5.97 Å². The minimum absolute atomic E-state index is 0.697. The minimum atomic E-state index is -0.707. The van der Waals surface area contributed by atoms with Gasteiger partial charge < -0.3 is 5.11 Å². The van der Waals surface area contributed by atoms with Gasteiger partial charge in [0.15, 0.2) is 0 Å². The highest BCUT2D eigenvalue weighted by Crippen LogP contribution is 2.42. The van der Waals surface area contributed by atoms with Gasteiger partial charge in [-0.15, -0.1) is 0 Å². The van der Waals surface area contributed by atoms with Crippen molar-refractivity contribution in [2.45, 2.75) is 31.1 Å². The second kappa shape index (κ2) is 4.05. The molecule has 1 aromatic heterocycles. The van der Waals surface area contributed by atoms with E-state index in [1.54, 1.807) is 12.4 Å². The predicted molar refractivity (Wildman–Crippen MR) is 67.3 cm³/mol. The molecule has 1 aliphatic rings. The molecule has 0 aliphatic heterocycles. The number of carboxylic acids is 1. The number of rotatable bonds is 2. The standard InChI is InChI=1S/C14H14N2O2/c17-13(18)14(5-1-2-6-14)12-4-3-10-8-15-16-9-11(10)7-12/h3-4,7-9H,1-2,5-6H2,(H,17,18). The Kier molecular flexibility index (Phi) is 2.51. The van der Waals surface area contributed by atoms with Crippen molar-refractivity contribution < 1.29 is 9.90 Å². The molecule has 4 nitrogen and oxygen atoms in total. The number of nitrogens with zero attached hydrogens (tertiary/aromatic N) is 2. The lowest BCUT2D eigenvalue weighted by molar-refractivity contribution is -0.143. The van der Waals surface area contributed by atoms with Crippen molar-refractivity contribution in [1.82, 2.24) is 10.2 Å². The van der Waals surface area contributed by atoms with E-state index in [0.29, 0.717) is 0 Å². The molecule has 18 heavy (non-hydrogen) atoms.